The lowest BCUT2D eigenvalue weighted by Gasteiger charge is -2.08. The minimum absolute atomic E-state index is 0.0979. The molecule has 2 heterocycles. The van der Waals surface area contributed by atoms with Crippen LogP contribution in [0, 0.1) is 17.0 Å². The molecule has 0 saturated heterocycles. The van der Waals surface area contributed by atoms with Crippen molar-refractivity contribution in [3.8, 4) is 0 Å². The molecule has 0 aliphatic heterocycles. The summed E-state index contributed by atoms with van der Waals surface area (Å²) in [5, 5.41) is 13.8. The molecule has 0 atom stereocenters. The Balaban J connectivity index is 2.23. The van der Waals surface area contributed by atoms with Gasteiger partial charge in [-0.25, -0.2) is 9.97 Å². The lowest BCUT2D eigenvalue weighted by Crippen LogP contribution is -2.08. The molecular weight excluding hydrogens is 248 g/mol. The van der Waals surface area contributed by atoms with Gasteiger partial charge < -0.3 is 11.1 Å². The quantitative estimate of drug-likeness (QED) is 0.627. The Kier molecular flexibility index (Phi) is 3.51. The van der Waals surface area contributed by atoms with Gasteiger partial charge >= 0.3 is 5.69 Å². The summed E-state index contributed by atoms with van der Waals surface area (Å²) >= 11 is 0. The monoisotopic (exact) mass is 260 g/mol. The van der Waals surface area contributed by atoms with Crippen LogP contribution in [0.25, 0.3) is 0 Å². The molecule has 8 heteroatoms. The Hall–Kier alpha value is -2.77. The first-order chi connectivity index (χ1) is 9.09. The second-order valence-corrected chi connectivity index (χ2v) is 3.87. The third kappa shape index (κ3) is 2.73. The molecule has 0 aromatic carbocycles. The Bertz CT molecular complexity index is 616. The highest BCUT2D eigenvalue weighted by molar-refractivity contribution is 5.67. The summed E-state index contributed by atoms with van der Waals surface area (Å²) in [5.41, 5.74) is 7.12. The maximum Gasteiger partial charge on any atom is 0.352 e. The van der Waals surface area contributed by atoms with Crippen LogP contribution in [0.4, 0.5) is 17.3 Å². The Morgan fingerprint density at radius 3 is 2.95 bits per heavy atom. The van der Waals surface area contributed by atoms with Crippen molar-refractivity contribution >= 4 is 17.3 Å². The predicted molar refractivity (Wildman–Crippen MR) is 69.4 cm³/mol. The Morgan fingerprint density at radius 2 is 2.26 bits per heavy atom. The fourth-order valence-electron chi connectivity index (χ4n) is 1.56. The second kappa shape index (κ2) is 5.25. The van der Waals surface area contributed by atoms with Crippen molar-refractivity contribution in [1.29, 1.82) is 0 Å². The van der Waals surface area contributed by atoms with Gasteiger partial charge in [-0.1, -0.05) is 0 Å². The van der Waals surface area contributed by atoms with Gasteiger partial charge in [0.1, 0.15) is 6.33 Å². The summed E-state index contributed by atoms with van der Waals surface area (Å²) in [7, 11) is 0. The van der Waals surface area contributed by atoms with Gasteiger partial charge in [-0.05, 0) is 24.1 Å². The average molecular weight is 260 g/mol. The first kappa shape index (κ1) is 12.7. The van der Waals surface area contributed by atoms with Gasteiger partial charge in [0.05, 0.1) is 4.92 Å². The zero-order valence-electron chi connectivity index (χ0n) is 10.2. The summed E-state index contributed by atoms with van der Waals surface area (Å²) in [4.78, 5) is 21.8. The summed E-state index contributed by atoms with van der Waals surface area (Å²) in [6.07, 6.45) is 4.56. The molecule has 0 aliphatic carbocycles. The molecule has 0 unspecified atom stereocenters. The van der Waals surface area contributed by atoms with Crippen LogP contribution in [0.15, 0.2) is 24.8 Å². The van der Waals surface area contributed by atoms with Gasteiger partial charge in [-0.3, -0.25) is 15.1 Å². The first-order valence-electron chi connectivity index (χ1n) is 5.48. The number of aromatic nitrogens is 3. The molecule has 0 amide bonds. The van der Waals surface area contributed by atoms with Gasteiger partial charge in [0.15, 0.2) is 0 Å². The molecule has 2 aromatic rings. The van der Waals surface area contributed by atoms with E-state index in [4.69, 9.17) is 5.73 Å². The number of nitrogens with one attached hydrogen (secondary N) is 1. The van der Waals surface area contributed by atoms with Crippen molar-refractivity contribution < 1.29 is 4.92 Å². The average Bonchev–Trinajstić information content (AvgIpc) is 2.37. The van der Waals surface area contributed by atoms with Gasteiger partial charge in [0.2, 0.25) is 11.6 Å². The summed E-state index contributed by atoms with van der Waals surface area (Å²) in [5.74, 6) is -0.0637. The Morgan fingerprint density at radius 1 is 1.47 bits per heavy atom. The highest BCUT2D eigenvalue weighted by atomic mass is 16.6. The fraction of sp³-hybridized carbons (Fsp3) is 0.182. The first-order valence-corrected chi connectivity index (χ1v) is 5.48. The summed E-state index contributed by atoms with van der Waals surface area (Å²) < 4.78 is 0. The van der Waals surface area contributed by atoms with Crippen molar-refractivity contribution in [3.63, 3.8) is 0 Å². The Labute approximate surface area is 108 Å². The van der Waals surface area contributed by atoms with Gasteiger partial charge in [0.25, 0.3) is 0 Å². The molecule has 98 valence electrons. The number of rotatable bonds is 4. The largest absolute Gasteiger partial charge is 0.378 e. The molecule has 0 saturated carbocycles. The number of nitro groups is 1. The molecule has 2 aromatic heterocycles. The van der Waals surface area contributed by atoms with Crippen LogP contribution in [0.3, 0.4) is 0 Å². The van der Waals surface area contributed by atoms with Gasteiger partial charge in [-0.15, -0.1) is 0 Å². The van der Waals surface area contributed by atoms with Crippen LogP contribution < -0.4 is 11.1 Å². The third-order valence-corrected chi connectivity index (χ3v) is 2.63. The van der Waals surface area contributed by atoms with Crippen LogP contribution >= 0.6 is 0 Å². The van der Waals surface area contributed by atoms with Crippen molar-refractivity contribution in [2.45, 2.75) is 13.5 Å². The molecule has 0 spiro atoms. The number of aryl methyl sites for hydroxylation is 1. The van der Waals surface area contributed by atoms with E-state index in [1.54, 1.807) is 12.4 Å². The fourth-order valence-corrected chi connectivity index (χ4v) is 1.56. The molecule has 2 rings (SSSR count). The van der Waals surface area contributed by atoms with Crippen molar-refractivity contribution in [2.75, 3.05) is 11.1 Å². The van der Waals surface area contributed by atoms with Crippen LogP contribution in [-0.2, 0) is 6.54 Å². The predicted octanol–water partition coefficient (Wildman–Crippen LogP) is 1.28. The minimum Gasteiger partial charge on any atom is -0.378 e. The van der Waals surface area contributed by atoms with Crippen molar-refractivity contribution in [3.05, 3.63) is 46.0 Å². The van der Waals surface area contributed by atoms with Gasteiger partial charge in [-0.2, -0.15) is 0 Å². The minimum atomic E-state index is -0.603. The van der Waals surface area contributed by atoms with E-state index in [0.717, 1.165) is 11.1 Å². The maximum absolute atomic E-state index is 10.9. The number of nitrogen functional groups attached to an aromatic ring is 1. The van der Waals surface area contributed by atoms with E-state index >= 15 is 0 Å². The lowest BCUT2D eigenvalue weighted by atomic mass is 10.1. The molecule has 0 aliphatic rings. The molecule has 19 heavy (non-hydrogen) atoms. The molecule has 0 radical (unpaired) electrons. The van der Waals surface area contributed by atoms with Crippen LogP contribution in [0.2, 0.25) is 0 Å². The standard InChI is InChI=1S/C11H12N6O2/c1-7-2-3-13-4-8(7)5-14-11-9(17(18)19)10(12)15-6-16-11/h2-4,6H,5H2,1H3,(H3,12,14,15,16). The van der Waals surface area contributed by atoms with Crippen LogP contribution in [0.5, 0.6) is 0 Å². The van der Waals surface area contributed by atoms with E-state index in [9.17, 15) is 10.1 Å². The van der Waals surface area contributed by atoms with Crippen LogP contribution in [0.1, 0.15) is 11.1 Å². The number of pyridine rings is 1. The number of anilines is 2. The van der Waals surface area contributed by atoms with E-state index < -0.39 is 4.92 Å². The van der Waals surface area contributed by atoms with Crippen molar-refractivity contribution in [2.24, 2.45) is 0 Å². The zero-order valence-corrected chi connectivity index (χ0v) is 10.2. The normalized spacial score (nSPS) is 10.2. The molecule has 0 fully saturated rings. The zero-order chi connectivity index (χ0) is 13.8. The van der Waals surface area contributed by atoms with Crippen LogP contribution in [-0.4, -0.2) is 19.9 Å². The molecule has 0 bridgehead atoms. The van der Waals surface area contributed by atoms with E-state index in [2.05, 4.69) is 20.3 Å². The third-order valence-electron chi connectivity index (χ3n) is 2.63. The summed E-state index contributed by atoms with van der Waals surface area (Å²) in [6, 6.07) is 1.86. The van der Waals surface area contributed by atoms with E-state index in [0.29, 0.717) is 6.54 Å². The lowest BCUT2D eigenvalue weighted by molar-refractivity contribution is -0.383. The summed E-state index contributed by atoms with van der Waals surface area (Å²) in [6.45, 7) is 2.30. The number of nitrogens with zero attached hydrogens (tertiary/aromatic N) is 4. The second-order valence-electron chi connectivity index (χ2n) is 3.87. The molecule has 8 nitrogen and oxygen atoms in total. The molecular formula is C11H12N6O2. The number of nitrogens with two attached hydrogens (primary N) is 1. The maximum atomic E-state index is 10.9. The van der Waals surface area contributed by atoms with E-state index in [1.165, 1.54) is 6.33 Å². The topological polar surface area (TPSA) is 120 Å². The molecule has 3 N–H and O–H groups in total. The number of hydrogen-bond acceptors (Lipinski definition) is 7. The number of hydrogen-bond donors (Lipinski definition) is 2. The smallest absolute Gasteiger partial charge is 0.352 e. The van der Waals surface area contributed by atoms with E-state index in [-0.39, 0.29) is 17.3 Å². The SMILES string of the molecule is Cc1ccncc1CNc1ncnc(N)c1[N+](=O)[O-]. The van der Waals surface area contributed by atoms with Gasteiger partial charge in [0, 0.05) is 18.9 Å². The highest BCUT2D eigenvalue weighted by Gasteiger charge is 2.20. The highest BCUT2D eigenvalue weighted by Crippen LogP contribution is 2.26. The van der Waals surface area contributed by atoms with E-state index in [1.807, 2.05) is 13.0 Å². The van der Waals surface area contributed by atoms with Crippen molar-refractivity contribution in [1.82, 2.24) is 15.0 Å².